The third-order valence-corrected chi connectivity index (χ3v) is 2.70. The van der Waals surface area contributed by atoms with E-state index in [0.717, 1.165) is 13.0 Å². The molecule has 74 valence electrons. The lowest BCUT2D eigenvalue weighted by molar-refractivity contribution is 0.0278. The van der Waals surface area contributed by atoms with Crippen LogP contribution >= 0.6 is 11.6 Å². The monoisotopic (exact) mass is 194 g/mol. The summed E-state index contributed by atoms with van der Waals surface area (Å²) in [6, 6.07) is 0. The molecule has 2 nitrogen and oxygen atoms in total. The Hall–Kier alpha value is 0.210. The van der Waals surface area contributed by atoms with Crippen molar-refractivity contribution in [3.05, 3.63) is 0 Å². The minimum atomic E-state index is 0.120. The molecule has 0 aromatic carbocycles. The molecule has 0 radical (unpaired) electrons. The number of alkyl halides is 1. The highest BCUT2D eigenvalue weighted by Gasteiger charge is 2.20. The normalized spacial score (nSPS) is 16.0. The number of hydrogen-bond donors (Lipinski definition) is 0. The molecule has 0 saturated heterocycles. The molecule has 3 heteroatoms. The van der Waals surface area contributed by atoms with Crippen molar-refractivity contribution in [3.8, 4) is 0 Å². The molecule has 0 amide bonds. The summed E-state index contributed by atoms with van der Waals surface area (Å²) in [4.78, 5) is 0. The van der Waals surface area contributed by atoms with Crippen molar-refractivity contribution in [2.45, 2.75) is 20.3 Å². The predicted octanol–water partition coefficient (Wildman–Crippen LogP) is 2.30. The number of methoxy groups -OCH3 is 1. The minimum absolute atomic E-state index is 0.120. The molecule has 0 aliphatic rings. The minimum Gasteiger partial charge on any atom is -0.382 e. The van der Waals surface area contributed by atoms with Gasteiger partial charge in [-0.15, -0.1) is 11.6 Å². The number of halogens is 1. The lowest BCUT2D eigenvalue weighted by atomic mass is 9.91. The molecule has 0 fully saturated rings. The summed E-state index contributed by atoms with van der Waals surface area (Å²) in [7, 11) is 1.67. The first-order chi connectivity index (χ1) is 5.68. The Kier molecular flexibility index (Phi) is 6.81. The summed E-state index contributed by atoms with van der Waals surface area (Å²) in [5.74, 6) is 0.649. The van der Waals surface area contributed by atoms with Crippen LogP contribution in [-0.2, 0) is 9.47 Å². The van der Waals surface area contributed by atoms with Gasteiger partial charge in [-0.25, -0.2) is 0 Å². The third-order valence-electron chi connectivity index (χ3n) is 2.06. The molecule has 0 aromatic heterocycles. The fourth-order valence-electron chi connectivity index (χ4n) is 0.696. The average molecular weight is 195 g/mol. The van der Waals surface area contributed by atoms with E-state index in [2.05, 4.69) is 13.8 Å². The SMILES string of the molecule is CCC(C)(CCl)COCCOC. The Bertz CT molecular complexity index is 103. The zero-order valence-electron chi connectivity index (χ0n) is 8.23. The van der Waals surface area contributed by atoms with Gasteiger partial charge in [0.05, 0.1) is 19.8 Å². The molecule has 0 aliphatic heterocycles. The molecule has 0 saturated carbocycles. The van der Waals surface area contributed by atoms with Gasteiger partial charge in [0, 0.05) is 18.4 Å². The summed E-state index contributed by atoms with van der Waals surface area (Å²) >= 11 is 5.81. The van der Waals surface area contributed by atoms with E-state index in [1.165, 1.54) is 0 Å². The van der Waals surface area contributed by atoms with Crippen molar-refractivity contribution in [1.82, 2.24) is 0 Å². The van der Waals surface area contributed by atoms with Crippen LogP contribution in [0.15, 0.2) is 0 Å². The molecule has 1 unspecified atom stereocenters. The van der Waals surface area contributed by atoms with Crippen LogP contribution in [-0.4, -0.2) is 32.8 Å². The van der Waals surface area contributed by atoms with Gasteiger partial charge in [0.25, 0.3) is 0 Å². The standard InChI is InChI=1S/C9H19ClO2/c1-4-9(2,7-10)8-12-6-5-11-3/h4-8H2,1-3H3. The van der Waals surface area contributed by atoms with Crippen LogP contribution in [0.5, 0.6) is 0 Å². The fourth-order valence-corrected chi connectivity index (χ4v) is 0.962. The van der Waals surface area contributed by atoms with E-state index >= 15 is 0 Å². The van der Waals surface area contributed by atoms with Gasteiger partial charge < -0.3 is 9.47 Å². The van der Waals surface area contributed by atoms with Gasteiger partial charge in [-0.05, 0) is 6.42 Å². The second-order valence-corrected chi connectivity index (χ2v) is 3.61. The van der Waals surface area contributed by atoms with E-state index in [0.29, 0.717) is 19.1 Å². The largest absolute Gasteiger partial charge is 0.382 e. The van der Waals surface area contributed by atoms with Crippen LogP contribution in [0.25, 0.3) is 0 Å². The smallest absolute Gasteiger partial charge is 0.0700 e. The van der Waals surface area contributed by atoms with Crippen molar-refractivity contribution in [3.63, 3.8) is 0 Å². The van der Waals surface area contributed by atoms with Crippen molar-refractivity contribution < 1.29 is 9.47 Å². The summed E-state index contributed by atoms with van der Waals surface area (Å²) in [5, 5.41) is 0. The predicted molar refractivity (Wildman–Crippen MR) is 51.8 cm³/mol. The van der Waals surface area contributed by atoms with E-state index in [1.807, 2.05) is 0 Å². The van der Waals surface area contributed by atoms with E-state index in [4.69, 9.17) is 21.1 Å². The maximum atomic E-state index is 5.81. The average Bonchev–Trinajstić information content (AvgIpc) is 2.12. The van der Waals surface area contributed by atoms with Crippen LogP contribution in [0.3, 0.4) is 0 Å². The zero-order chi connectivity index (χ0) is 9.45. The molecule has 0 aromatic rings. The molecule has 12 heavy (non-hydrogen) atoms. The molecule has 1 atom stereocenters. The highest BCUT2D eigenvalue weighted by atomic mass is 35.5. The second kappa shape index (κ2) is 6.70. The van der Waals surface area contributed by atoms with Crippen molar-refractivity contribution in [2.75, 3.05) is 32.8 Å². The Morgan fingerprint density at radius 1 is 1.33 bits per heavy atom. The summed E-state index contributed by atoms with van der Waals surface area (Å²) in [6.07, 6.45) is 1.05. The topological polar surface area (TPSA) is 18.5 Å². The van der Waals surface area contributed by atoms with Crippen molar-refractivity contribution in [2.24, 2.45) is 5.41 Å². The maximum absolute atomic E-state index is 5.81. The van der Waals surface area contributed by atoms with Crippen molar-refractivity contribution in [1.29, 1.82) is 0 Å². The summed E-state index contributed by atoms with van der Waals surface area (Å²) < 4.78 is 10.3. The molecular formula is C9H19ClO2. The molecule has 0 aliphatic carbocycles. The van der Waals surface area contributed by atoms with Crippen molar-refractivity contribution >= 4 is 11.6 Å². The molecule has 0 spiro atoms. The van der Waals surface area contributed by atoms with E-state index in [9.17, 15) is 0 Å². The van der Waals surface area contributed by atoms with Crippen LogP contribution in [0.1, 0.15) is 20.3 Å². The Balaban J connectivity index is 3.45. The Morgan fingerprint density at radius 2 is 2.00 bits per heavy atom. The van der Waals surface area contributed by atoms with E-state index in [-0.39, 0.29) is 5.41 Å². The van der Waals surface area contributed by atoms with Crippen LogP contribution < -0.4 is 0 Å². The first-order valence-electron chi connectivity index (χ1n) is 4.31. The van der Waals surface area contributed by atoms with Gasteiger partial charge in [-0.2, -0.15) is 0 Å². The van der Waals surface area contributed by atoms with Gasteiger partial charge in [-0.3, -0.25) is 0 Å². The Morgan fingerprint density at radius 3 is 2.42 bits per heavy atom. The first kappa shape index (κ1) is 12.2. The van der Waals surface area contributed by atoms with Gasteiger partial charge >= 0.3 is 0 Å². The second-order valence-electron chi connectivity index (χ2n) is 3.34. The summed E-state index contributed by atoms with van der Waals surface area (Å²) in [6.45, 7) is 6.29. The van der Waals surface area contributed by atoms with Gasteiger partial charge in [-0.1, -0.05) is 13.8 Å². The summed E-state index contributed by atoms with van der Waals surface area (Å²) in [5.41, 5.74) is 0.120. The van der Waals surface area contributed by atoms with E-state index in [1.54, 1.807) is 7.11 Å². The van der Waals surface area contributed by atoms with Crippen LogP contribution in [0.2, 0.25) is 0 Å². The maximum Gasteiger partial charge on any atom is 0.0700 e. The molecule has 0 heterocycles. The van der Waals surface area contributed by atoms with E-state index < -0.39 is 0 Å². The Labute approximate surface area is 80.2 Å². The lowest BCUT2D eigenvalue weighted by Gasteiger charge is -2.24. The number of ether oxygens (including phenoxy) is 2. The van der Waals surface area contributed by atoms with Crippen LogP contribution in [0, 0.1) is 5.41 Å². The highest BCUT2D eigenvalue weighted by Crippen LogP contribution is 2.22. The third kappa shape index (κ3) is 4.96. The van der Waals surface area contributed by atoms with Gasteiger partial charge in [0.1, 0.15) is 0 Å². The number of hydrogen-bond acceptors (Lipinski definition) is 2. The molecule has 0 bridgehead atoms. The first-order valence-corrected chi connectivity index (χ1v) is 4.84. The highest BCUT2D eigenvalue weighted by molar-refractivity contribution is 6.18. The number of rotatable bonds is 7. The fraction of sp³-hybridized carbons (Fsp3) is 1.00. The lowest BCUT2D eigenvalue weighted by Crippen LogP contribution is -2.25. The zero-order valence-corrected chi connectivity index (χ0v) is 8.99. The van der Waals surface area contributed by atoms with Gasteiger partial charge in [0.15, 0.2) is 0 Å². The molecule has 0 N–H and O–H groups in total. The molecule has 0 rings (SSSR count). The molecular weight excluding hydrogens is 176 g/mol. The quantitative estimate of drug-likeness (QED) is 0.458. The van der Waals surface area contributed by atoms with Crippen LogP contribution in [0.4, 0.5) is 0 Å². The van der Waals surface area contributed by atoms with Gasteiger partial charge in [0.2, 0.25) is 0 Å².